The zero-order valence-electron chi connectivity index (χ0n) is 26.4. The molecule has 2 amide bonds. The number of benzene rings is 1. The van der Waals surface area contributed by atoms with Crippen molar-refractivity contribution in [3.05, 3.63) is 60.3 Å². The third-order valence-electron chi connectivity index (χ3n) is 7.17. The lowest BCUT2D eigenvalue weighted by Crippen LogP contribution is -2.40. The lowest BCUT2D eigenvalue weighted by atomic mass is 10.0. The van der Waals surface area contributed by atoms with E-state index >= 15 is 0 Å². The van der Waals surface area contributed by atoms with Crippen molar-refractivity contribution in [2.75, 3.05) is 54.6 Å². The van der Waals surface area contributed by atoms with E-state index in [0.717, 1.165) is 43.6 Å². The molecule has 1 aromatic carbocycles. The van der Waals surface area contributed by atoms with Crippen LogP contribution in [0, 0.1) is 0 Å². The van der Waals surface area contributed by atoms with Gasteiger partial charge in [0.1, 0.15) is 18.0 Å². The molecular weight excluding hydrogens is 564 g/mol. The Hall–Kier alpha value is -3.67. The largest absolute Gasteiger partial charge is 0.445 e. The van der Waals surface area contributed by atoms with Crippen molar-refractivity contribution in [3.8, 4) is 0 Å². The fourth-order valence-corrected chi connectivity index (χ4v) is 5.15. The van der Waals surface area contributed by atoms with Crippen LogP contribution in [0.15, 0.2) is 49.1 Å². The van der Waals surface area contributed by atoms with Crippen molar-refractivity contribution in [1.29, 1.82) is 0 Å². The molecule has 1 aromatic heterocycles. The van der Waals surface area contributed by atoms with Gasteiger partial charge in [0.2, 0.25) is 0 Å². The molecule has 0 radical (unpaired) electrons. The number of carbonyl (C=O) groups excluding carboxylic acids is 2. The van der Waals surface area contributed by atoms with Crippen molar-refractivity contribution in [2.45, 2.75) is 77.9 Å². The third-order valence-corrected chi connectivity index (χ3v) is 7.17. The number of carbonyl (C=O) groups is 2. The van der Waals surface area contributed by atoms with E-state index in [1.165, 1.54) is 6.08 Å². The predicted octanol–water partition coefficient (Wildman–Crippen LogP) is 6.59. The second-order valence-corrected chi connectivity index (χ2v) is 11.8. The average Bonchev–Trinajstić information content (AvgIpc) is 3.01. The number of ether oxygens (including phenoxy) is 5. The molecule has 0 spiro atoms. The summed E-state index contributed by atoms with van der Waals surface area (Å²) in [5.41, 5.74) is 2.20. The number of hydrogen-bond acceptors (Lipinski definition) is 9. The quantitative estimate of drug-likeness (QED) is 0.282. The van der Waals surface area contributed by atoms with Crippen LogP contribution in [-0.2, 0) is 30.3 Å². The van der Waals surface area contributed by atoms with E-state index in [0.29, 0.717) is 43.4 Å². The summed E-state index contributed by atoms with van der Waals surface area (Å²) >= 11 is 0. The summed E-state index contributed by atoms with van der Waals surface area (Å²) in [7, 11) is 0. The Balaban J connectivity index is 1.72. The van der Waals surface area contributed by atoms with Gasteiger partial charge in [-0.1, -0.05) is 31.7 Å². The van der Waals surface area contributed by atoms with Gasteiger partial charge in [-0.2, -0.15) is 0 Å². The fourth-order valence-electron chi connectivity index (χ4n) is 5.15. The second-order valence-electron chi connectivity index (χ2n) is 11.8. The van der Waals surface area contributed by atoms with E-state index in [-0.39, 0.29) is 19.5 Å². The summed E-state index contributed by atoms with van der Waals surface area (Å²) in [6, 6.07) is 10.8. The van der Waals surface area contributed by atoms with Gasteiger partial charge in [-0.15, -0.1) is 0 Å². The smallest absolute Gasteiger partial charge is 0.416 e. The first-order valence-electron chi connectivity index (χ1n) is 15.4. The normalized spacial score (nSPS) is 17.8. The molecule has 0 bridgehead atoms. The Morgan fingerprint density at radius 3 is 2.66 bits per heavy atom. The van der Waals surface area contributed by atoms with Gasteiger partial charge in [-0.3, -0.25) is 10.2 Å². The molecular formula is C33H46N4O7. The molecule has 44 heavy (non-hydrogen) atoms. The number of aromatic nitrogens is 1. The summed E-state index contributed by atoms with van der Waals surface area (Å²) in [5, 5.41) is 2.75. The molecule has 2 aliphatic heterocycles. The van der Waals surface area contributed by atoms with Gasteiger partial charge in [-0.25, -0.2) is 14.6 Å². The first-order valence-corrected chi connectivity index (χ1v) is 15.4. The molecule has 240 valence electrons. The molecule has 4 rings (SSSR count). The fraction of sp³-hybridized carbons (Fsp3) is 0.545. The third kappa shape index (κ3) is 9.67. The molecule has 2 aliphatic rings. The highest BCUT2D eigenvalue weighted by atomic mass is 16.7. The van der Waals surface area contributed by atoms with E-state index in [1.54, 1.807) is 11.0 Å². The molecule has 0 aliphatic carbocycles. The minimum absolute atomic E-state index is 0.0968. The van der Waals surface area contributed by atoms with Gasteiger partial charge >= 0.3 is 12.2 Å². The summed E-state index contributed by atoms with van der Waals surface area (Å²) in [6.07, 6.45) is 3.58. The minimum Gasteiger partial charge on any atom is -0.445 e. The van der Waals surface area contributed by atoms with Crippen molar-refractivity contribution in [2.24, 2.45) is 0 Å². The van der Waals surface area contributed by atoms with Gasteiger partial charge in [0.15, 0.2) is 6.29 Å². The van der Waals surface area contributed by atoms with Gasteiger partial charge in [0, 0.05) is 37.1 Å². The van der Waals surface area contributed by atoms with E-state index in [9.17, 15) is 9.59 Å². The standard InChI is InChI=1S/C33H46N4O7/c1-6-16-42-31(38)35-25-12-10-11-24(20-25)28(7-2)37(32(39)44-33(3,4)5)29-22-27(36-14-18-40-19-15-36)21-26(34-29)23-43-30-13-8-9-17-41-30/h6,10-12,20-22,28,30H,1,7-9,13-19,23H2,2-5H3,(H,35,38). The molecule has 11 nitrogen and oxygen atoms in total. The number of hydrogen-bond donors (Lipinski definition) is 1. The number of morpholine rings is 1. The molecule has 2 unspecified atom stereocenters. The van der Waals surface area contributed by atoms with E-state index < -0.39 is 23.8 Å². The van der Waals surface area contributed by atoms with E-state index in [1.807, 2.05) is 58.0 Å². The van der Waals surface area contributed by atoms with Crippen LogP contribution in [0.3, 0.4) is 0 Å². The highest BCUT2D eigenvalue weighted by molar-refractivity contribution is 5.89. The van der Waals surface area contributed by atoms with Gasteiger partial charge in [0.25, 0.3) is 0 Å². The Bertz CT molecular complexity index is 1250. The molecule has 11 heteroatoms. The van der Waals surface area contributed by atoms with Crippen LogP contribution in [0.1, 0.15) is 70.7 Å². The monoisotopic (exact) mass is 610 g/mol. The predicted molar refractivity (Wildman–Crippen MR) is 169 cm³/mol. The molecule has 0 saturated carbocycles. The zero-order valence-corrected chi connectivity index (χ0v) is 26.4. The highest BCUT2D eigenvalue weighted by Crippen LogP contribution is 2.34. The van der Waals surface area contributed by atoms with Crippen molar-refractivity contribution < 1.29 is 33.3 Å². The second kappa shape index (κ2) is 15.9. The Morgan fingerprint density at radius 2 is 1.98 bits per heavy atom. The first-order chi connectivity index (χ1) is 21.2. The molecule has 3 heterocycles. The Morgan fingerprint density at radius 1 is 1.18 bits per heavy atom. The number of anilines is 3. The van der Waals surface area contributed by atoms with Crippen molar-refractivity contribution in [1.82, 2.24) is 4.98 Å². The zero-order chi connectivity index (χ0) is 31.5. The number of rotatable bonds is 11. The maximum Gasteiger partial charge on any atom is 0.416 e. The summed E-state index contributed by atoms with van der Waals surface area (Å²) in [5.74, 6) is 0.446. The SMILES string of the molecule is C=CCOC(=O)Nc1cccc(C(CC)N(C(=O)OC(C)(C)C)c2cc(N3CCOCC3)cc(COC3CCCCO3)n2)c1. The number of nitrogens with one attached hydrogen (secondary N) is 1. The average molecular weight is 611 g/mol. The first kappa shape index (κ1) is 33.2. The van der Waals surface area contributed by atoms with Crippen LogP contribution in [0.2, 0.25) is 0 Å². The van der Waals surface area contributed by atoms with Gasteiger partial charge in [-0.05, 0) is 70.2 Å². The van der Waals surface area contributed by atoms with Gasteiger partial charge in [0.05, 0.1) is 31.6 Å². The van der Waals surface area contributed by atoms with Gasteiger partial charge < -0.3 is 28.6 Å². The van der Waals surface area contributed by atoms with Crippen LogP contribution >= 0.6 is 0 Å². The van der Waals surface area contributed by atoms with Crippen LogP contribution in [-0.4, -0.2) is 68.6 Å². The highest BCUT2D eigenvalue weighted by Gasteiger charge is 2.32. The topological polar surface area (TPSA) is 112 Å². The summed E-state index contributed by atoms with van der Waals surface area (Å²) < 4.78 is 28.5. The van der Waals surface area contributed by atoms with Crippen LogP contribution < -0.4 is 15.1 Å². The molecule has 2 fully saturated rings. The van der Waals surface area contributed by atoms with E-state index in [4.69, 9.17) is 28.7 Å². The maximum absolute atomic E-state index is 14.0. The van der Waals surface area contributed by atoms with Crippen LogP contribution in [0.25, 0.3) is 0 Å². The summed E-state index contributed by atoms with van der Waals surface area (Å²) in [6.45, 7) is 14.8. The Kier molecular flexibility index (Phi) is 12.0. The maximum atomic E-state index is 14.0. The van der Waals surface area contributed by atoms with Crippen molar-refractivity contribution in [3.63, 3.8) is 0 Å². The van der Waals surface area contributed by atoms with Crippen LogP contribution in [0.5, 0.6) is 0 Å². The number of nitrogens with zero attached hydrogens (tertiary/aromatic N) is 3. The molecule has 2 aromatic rings. The van der Waals surface area contributed by atoms with E-state index in [2.05, 4.69) is 16.8 Å². The van der Waals surface area contributed by atoms with Crippen LogP contribution in [0.4, 0.5) is 26.8 Å². The minimum atomic E-state index is -0.738. The lowest BCUT2D eigenvalue weighted by molar-refractivity contribution is -0.169. The Labute approximate surface area is 260 Å². The molecule has 1 N–H and O–H groups in total. The number of amides is 2. The summed E-state index contributed by atoms with van der Waals surface area (Å²) in [4.78, 5) is 35.0. The number of pyridine rings is 1. The lowest BCUT2D eigenvalue weighted by Gasteiger charge is -2.34. The molecule has 2 atom stereocenters. The van der Waals surface area contributed by atoms with Crippen molar-refractivity contribution >= 4 is 29.4 Å². The molecule has 2 saturated heterocycles.